The summed E-state index contributed by atoms with van der Waals surface area (Å²) in [7, 11) is 0. The van der Waals surface area contributed by atoms with Gasteiger partial charge in [-0.25, -0.2) is 0 Å². The van der Waals surface area contributed by atoms with Crippen LogP contribution in [0, 0.1) is 5.92 Å². The number of pyridine rings is 1. The Labute approximate surface area is 125 Å². The van der Waals surface area contributed by atoms with Crippen LogP contribution >= 0.6 is 0 Å². The number of hydrogen-bond acceptors (Lipinski definition) is 4. The van der Waals surface area contributed by atoms with Gasteiger partial charge < -0.3 is 16.2 Å². The summed E-state index contributed by atoms with van der Waals surface area (Å²) in [6.45, 7) is 2.76. The predicted octanol–water partition coefficient (Wildman–Crippen LogP) is 3.17. The summed E-state index contributed by atoms with van der Waals surface area (Å²) in [4.78, 5) is 4.30. The molecule has 4 heteroatoms. The van der Waals surface area contributed by atoms with Crippen LogP contribution in [0.1, 0.15) is 32.6 Å². The van der Waals surface area contributed by atoms with Gasteiger partial charge in [0.2, 0.25) is 0 Å². The van der Waals surface area contributed by atoms with Gasteiger partial charge in [0.05, 0.1) is 22.5 Å². The minimum Gasteiger partial charge on any atom is -0.397 e. The first kappa shape index (κ1) is 14.1. The molecule has 2 aromatic rings. The number of nitrogens with two attached hydrogens (primary N) is 1. The number of hydrogen-bond donors (Lipinski definition) is 3. The Balaban J connectivity index is 1.77. The highest BCUT2D eigenvalue weighted by Gasteiger charge is 2.32. The topological polar surface area (TPSA) is 71.2 Å². The Morgan fingerprint density at radius 2 is 2.29 bits per heavy atom. The predicted molar refractivity (Wildman–Crippen MR) is 87.2 cm³/mol. The molecule has 1 aliphatic carbocycles. The van der Waals surface area contributed by atoms with Crippen LogP contribution in [0.25, 0.3) is 10.9 Å². The van der Waals surface area contributed by atoms with Crippen molar-refractivity contribution in [3.8, 4) is 0 Å². The SMILES string of the molecule is CC1CCCC(O)(CNc2ccc3ncccc3c2N)C1. The molecule has 0 saturated heterocycles. The van der Waals surface area contributed by atoms with Crippen molar-refractivity contribution in [1.82, 2.24) is 4.98 Å². The second-order valence-electron chi connectivity index (χ2n) is 6.38. The molecule has 1 aromatic heterocycles. The molecule has 2 atom stereocenters. The molecule has 0 bridgehead atoms. The Bertz CT molecular complexity index is 643. The Morgan fingerprint density at radius 1 is 1.43 bits per heavy atom. The summed E-state index contributed by atoms with van der Waals surface area (Å²) in [5.74, 6) is 0.587. The van der Waals surface area contributed by atoms with Crippen molar-refractivity contribution in [1.29, 1.82) is 0 Å². The number of rotatable bonds is 3. The van der Waals surface area contributed by atoms with Crippen LogP contribution in [-0.2, 0) is 0 Å². The van der Waals surface area contributed by atoms with Gasteiger partial charge in [0.25, 0.3) is 0 Å². The minimum atomic E-state index is -0.617. The van der Waals surface area contributed by atoms with E-state index in [2.05, 4.69) is 17.2 Å². The largest absolute Gasteiger partial charge is 0.397 e. The van der Waals surface area contributed by atoms with Crippen molar-refractivity contribution < 1.29 is 5.11 Å². The number of anilines is 2. The fraction of sp³-hybridized carbons (Fsp3) is 0.471. The molecular formula is C17H23N3O. The third-order valence-corrected chi connectivity index (χ3v) is 4.50. The number of aromatic nitrogens is 1. The zero-order valence-corrected chi connectivity index (χ0v) is 12.5. The van der Waals surface area contributed by atoms with E-state index in [0.29, 0.717) is 18.2 Å². The summed E-state index contributed by atoms with van der Waals surface area (Å²) in [6, 6.07) is 7.76. The van der Waals surface area contributed by atoms with Gasteiger partial charge in [0.15, 0.2) is 0 Å². The van der Waals surface area contributed by atoms with E-state index in [-0.39, 0.29) is 0 Å². The van der Waals surface area contributed by atoms with Crippen molar-refractivity contribution in [3.63, 3.8) is 0 Å². The summed E-state index contributed by atoms with van der Waals surface area (Å²) < 4.78 is 0. The number of nitrogens with zero attached hydrogens (tertiary/aromatic N) is 1. The average molecular weight is 285 g/mol. The molecule has 0 amide bonds. The molecule has 1 heterocycles. The van der Waals surface area contributed by atoms with Crippen LogP contribution in [0.3, 0.4) is 0 Å². The number of nitrogen functional groups attached to an aromatic ring is 1. The summed E-state index contributed by atoms with van der Waals surface area (Å²) >= 11 is 0. The van der Waals surface area contributed by atoms with Gasteiger partial charge in [-0.15, -0.1) is 0 Å². The second kappa shape index (κ2) is 5.53. The minimum absolute atomic E-state index is 0.549. The summed E-state index contributed by atoms with van der Waals surface area (Å²) in [5.41, 5.74) is 8.08. The van der Waals surface area contributed by atoms with E-state index in [4.69, 9.17) is 5.73 Å². The number of aliphatic hydroxyl groups is 1. The summed E-state index contributed by atoms with van der Waals surface area (Å²) in [6.07, 6.45) is 5.79. The highest BCUT2D eigenvalue weighted by Crippen LogP contribution is 2.33. The highest BCUT2D eigenvalue weighted by atomic mass is 16.3. The number of fused-ring (bicyclic) bond motifs is 1. The molecule has 1 aromatic carbocycles. The van der Waals surface area contributed by atoms with Crippen LogP contribution in [0.4, 0.5) is 11.4 Å². The standard InChI is InChI=1S/C17H23N3O/c1-12-4-2-8-17(21,10-12)11-20-15-7-6-14-13(16(15)18)5-3-9-19-14/h3,5-7,9,12,20-21H,2,4,8,10-11,18H2,1H3. The molecular weight excluding hydrogens is 262 g/mol. The van der Waals surface area contributed by atoms with Crippen molar-refractivity contribution in [2.24, 2.45) is 5.92 Å². The van der Waals surface area contributed by atoms with Crippen molar-refractivity contribution in [2.45, 2.75) is 38.2 Å². The van der Waals surface area contributed by atoms with Gasteiger partial charge in [0.1, 0.15) is 0 Å². The first-order valence-corrected chi connectivity index (χ1v) is 7.67. The van der Waals surface area contributed by atoms with Gasteiger partial charge in [0, 0.05) is 18.1 Å². The second-order valence-corrected chi connectivity index (χ2v) is 6.38. The Kier molecular flexibility index (Phi) is 3.72. The molecule has 1 aliphatic rings. The molecule has 4 N–H and O–H groups in total. The molecule has 0 spiro atoms. The zero-order chi connectivity index (χ0) is 14.9. The van der Waals surface area contributed by atoms with Crippen LogP contribution < -0.4 is 11.1 Å². The fourth-order valence-corrected chi connectivity index (χ4v) is 3.38. The van der Waals surface area contributed by atoms with Gasteiger partial charge in [-0.3, -0.25) is 4.98 Å². The van der Waals surface area contributed by atoms with Crippen molar-refractivity contribution in [2.75, 3.05) is 17.6 Å². The monoisotopic (exact) mass is 285 g/mol. The van der Waals surface area contributed by atoms with E-state index in [1.165, 1.54) is 6.42 Å². The number of nitrogens with one attached hydrogen (secondary N) is 1. The zero-order valence-electron chi connectivity index (χ0n) is 12.5. The maximum atomic E-state index is 10.7. The van der Waals surface area contributed by atoms with Crippen LogP contribution in [-0.4, -0.2) is 22.2 Å². The van der Waals surface area contributed by atoms with Crippen LogP contribution in [0.15, 0.2) is 30.5 Å². The lowest BCUT2D eigenvalue weighted by atomic mass is 9.79. The van der Waals surface area contributed by atoms with Gasteiger partial charge in [-0.05, 0) is 43.0 Å². The summed E-state index contributed by atoms with van der Waals surface area (Å²) in [5, 5.41) is 15.0. The molecule has 4 nitrogen and oxygen atoms in total. The van der Waals surface area contributed by atoms with E-state index in [0.717, 1.165) is 35.9 Å². The van der Waals surface area contributed by atoms with Crippen molar-refractivity contribution >= 4 is 22.3 Å². The van der Waals surface area contributed by atoms with E-state index < -0.39 is 5.60 Å². The molecule has 1 fully saturated rings. The first-order valence-electron chi connectivity index (χ1n) is 7.67. The van der Waals surface area contributed by atoms with E-state index in [1.807, 2.05) is 24.3 Å². The molecule has 21 heavy (non-hydrogen) atoms. The third kappa shape index (κ3) is 2.95. The van der Waals surface area contributed by atoms with Gasteiger partial charge in [-0.1, -0.05) is 19.8 Å². The Morgan fingerprint density at radius 3 is 3.10 bits per heavy atom. The molecule has 0 aliphatic heterocycles. The van der Waals surface area contributed by atoms with Gasteiger partial charge >= 0.3 is 0 Å². The molecule has 112 valence electrons. The maximum absolute atomic E-state index is 10.7. The lowest BCUT2D eigenvalue weighted by Crippen LogP contribution is -2.41. The van der Waals surface area contributed by atoms with Gasteiger partial charge in [-0.2, -0.15) is 0 Å². The van der Waals surface area contributed by atoms with E-state index in [1.54, 1.807) is 6.20 Å². The highest BCUT2D eigenvalue weighted by molar-refractivity contribution is 5.96. The third-order valence-electron chi connectivity index (χ3n) is 4.50. The fourth-order valence-electron chi connectivity index (χ4n) is 3.38. The van der Waals surface area contributed by atoms with Crippen LogP contribution in [0.2, 0.25) is 0 Å². The number of benzene rings is 1. The molecule has 1 saturated carbocycles. The molecule has 0 radical (unpaired) electrons. The maximum Gasteiger partial charge on any atom is 0.0821 e. The quantitative estimate of drug-likeness (QED) is 0.757. The normalized spacial score (nSPS) is 25.9. The molecule has 2 unspecified atom stereocenters. The first-order chi connectivity index (χ1) is 10.1. The van der Waals surface area contributed by atoms with Crippen molar-refractivity contribution in [3.05, 3.63) is 30.5 Å². The lowest BCUT2D eigenvalue weighted by Gasteiger charge is -2.36. The Hall–Kier alpha value is -1.81. The molecule has 3 rings (SSSR count). The van der Waals surface area contributed by atoms with E-state index >= 15 is 0 Å². The van der Waals surface area contributed by atoms with Crippen LogP contribution in [0.5, 0.6) is 0 Å². The average Bonchev–Trinajstić information content (AvgIpc) is 2.47. The smallest absolute Gasteiger partial charge is 0.0821 e. The van der Waals surface area contributed by atoms with E-state index in [9.17, 15) is 5.11 Å². The lowest BCUT2D eigenvalue weighted by molar-refractivity contribution is -0.000746.